The topological polar surface area (TPSA) is 59.0 Å². The van der Waals surface area contributed by atoms with E-state index in [0.29, 0.717) is 26.1 Å². The van der Waals surface area contributed by atoms with Gasteiger partial charge in [-0.2, -0.15) is 0 Å². The van der Waals surface area contributed by atoms with Gasteiger partial charge in [0.05, 0.1) is 25.2 Å². The molecule has 5 nitrogen and oxygen atoms in total. The number of carbonyl (C=O) groups is 1. The fourth-order valence-corrected chi connectivity index (χ4v) is 3.90. The lowest BCUT2D eigenvalue weighted by atomic mass is 9.89. The van der Waals surface area contributed by atoms with Crippen molar-refractivity contribution in [3.63, 3.8) is 0 Å². The smallest absolute Gasteiger partial charge is 0.227 e. The molecule has 3 atom stereocenters. The second-order valence-corrected chi connectivity index (χ2v) is 7.38. The van der Waals surface area contributed by atoms with E-state index in [-0.39, 0.29) is 30.1 Å². The first-order valence-corrected chi connectivity index (χ1v) is 9.35. The molecule has 25 heavy (non-hydrogen) atoms. The molecule has 0 radical (unpaired) electrons. The molecule has 138 valence electrons. The van der Waals surface area contributed by atoms with Crippen LogP contribution in [0.15, 0.2) is 24.3 Å². The van der Waals surface area contributed by atoms with E-state index < -0.39 is 0 Å². The fourth-order valence-electron chi connectivity index (χ4n) is 3.90. The largest absolute Gasteiger partial charge is 0.491 e. The van der Waals surface area contributed by atoms with Crippen molar-refractivity contribution in [1.29, 1.82) is 0 Å². The molecule has 2 aliphatic rings. The Hall–Kier alpha value is -1.59. The first kappa shape index (κ1) is 18.2. The number of amides is 1. The Morgan fingerprint density at radius 1 is 1.32 bits per heavy atom. The summed E-state index contributed by atoms with van der Waals surface area (Å²) in [6, 6.07) is 7.86. The van der Waals surface area contributed by atoms with Gasteiger partial charge >= 0.3 is 0 Å². The van der Waals surface area contributed by atoms with Crippen LogP contribution < -0.4 is 4.74 Å². The number of likely N-dealkylation sites (tertiary alicyclic amines) is 1. The molecule has 0 saturated carbocycles. The normalized spacial score (nSPS) is 26.9. The van der Waals surface area contributed by atoms with Gasteiger partial charge in [0.1, 0.15) is 5.75 Å². The SMILES string of the molecule is CC(C)Oc1ccc(CC(=O)N2CCC[C@@H]2[C@H]2COCC[C@H]2O)cc1. The minimum atomic E-state index is -0.361. The van der Waals surface area contributed by atoms with Gasteiger partial charge in [-0.3, -0.25) is 4.79 Å². The summed E-state index contributed by atoms with van der Waals surface area (Å²) < 4.78 is 11.2. The number of hydrogen-bond donors (Lipinski definition) is 1. The van der Waals surface area contributed by atoms with Crippen LogP contribution in [0.25, 0.3) is 0 Å². The van der Waals surface area contributed by atoms with E-state index in [4.69, 9.17) is 9.47 Å². The number of ether oxygens (including phenoxy) is 2. The third-order valence-corrected chi connectivity index (χ3v) is 5.13. The van der Waals surface area contributed by atoms with Crippen LogP contribution in [-0.4, -0.2) is 53.9 Å². The van der Waals surface area contributed by atoms with Crippen LogP contribution in [0, 0.1) is 5.92 Å². The number of aliphatic hydroxyl groups is 1. The van der Waals surface area contributed by atoms with Crippen molar-refractivity contribution >= 4 is 5.91 Å². The fraction of sp³-hybridized carbons (Fsp3) is 0.650. The van der Waals surface area contributed by atoms with Crippen LogP contribution in [0.3, 0.4) is 0 Å². The Bertz CT molecular complexity index is 572. The average Bonchev–Trinajstić information content (AvgIpc) is 3.06. The van der Waals surface area contributed by atoms with E-state index in [0.717, 1.165) is 30.7 Å². The summed E-state index contributed by atoms with van der Waals surface area (Å²) in [6.07, 6.45) is 2.79. The summed E-state index contributed by atoms with van der Waals surface area (Å²) >= 11 is 0. The predicted octanol–water partition coefficient (Wildman–Crippen LogP) is 2.40. The van der Waals surface area contributed by atoms with Crippen LogP contribution in [-0.2, 0) is 16.0 Å². The molecule has 3 rings (SSSR count). The Balaban J connectivity index is 1.61. The van der Waals surface area contributed by atoms with Crippen LogP contribution >= 0.6 is 0 Å². The van der Waals surface area contributed by atoms with Gasteiger partial charge in [-0.1, -0.05) is 12.1 Å². The Morgan fingerprint density at radius 3 is 2.76 bits per heavy atom. The van der Waals surface area contributed by atoms with Crippen LogP contribution in [0.5, 0.6) is 5.75 Å². The molecule has 1 aromatic rings. The van der Waals surface area contributed by atoms with Gasteiger partial charge in [0.2, 0.25) is 5.91 Å². The van der Waals surface area contributed by atoms with Crippen LogP contribution in [0.4, 0.5) is 0 Å². The number of nitrogens with zero attached hydrogens (tertiary/aromatic N) is 1. The molecule has 1 amide bonds. The van der Waals surface area contributed by atoms with Gasteiger partial charge in [0.25, 0.3) is 0 Å². The minimum Gasteiger partial charge on any atom is -0.491 e. The molecular weight excluding hydrogens is 318 g/mol. The van der Waals surface area contributed by atoms with Gasteiger partial charge in [-0.05, 0) is 50.8 Å². The molecular formula is C20H29NO4. The van der Waals surface area contributed by atoms with Crippen molar-refractivity contribution in [2.45, 2.75) is 57.8 Å². The predicted molar refractivity (Wildman–Crippen MR) is 95.6 cm³/mol. The highest BCUT2D eigenvalue weighted by Gasteiger charge is 2.39. The average molecular weight is 347 g/mol. The number of rotatable bonds is 5. The standard InChI is InChI=1S/C20H29NO4/c1-14(2)25-16-7-5-15(6-8-16)12-20(23)21-10-3-4-18(21)17-13-24-11-9-19(17)22/h5-8,14,17-19,22H,3-4,9-13H2,1-2H3/t17-,18-,19-/m1/s1. The zero-order valence-corrected chi connectivity index (χ0v) is 15.2. The van der Waals surface area contributed by atoms with Gasteiger partial charge in [-0.15, -0.1) is 0 Å². The van der Waals surface area contributed by atoms with E-state index in [1.54, 1.807) is 0 Å². The zero-order valence-electron chi connectivity index (χ0n) is 15.2. The summed E-state index contributed by atoms with van der Waals surface area (Å²) in [5.41, 5.74) is 0.993. The lowest BCUT2D eigenvalue weighted by Gasteiger charge is -2.37. The lowest BCUT2D eigenvalue weighted by molar-refractivity contribution is -0.135. The van der Waals surface area contributed by atoms with Crippen LogP contribution in [0.2, 0.25) is 0 Å². The summed E-state index contributed by atoms with van der Waals surface area (Å²) in [6.45, 7) is 5.93. The van der Waals surface area contributed by atoms with Gasteiger partial charge in [0.15, 0.2) is 0 Å². The summed E-state index contributed by atoms with van der Waals surface area (Å²) in [5.74, 6) is 1.01. The first-order valence-electron chi connectivity index (χ1n) is 9.35. The summed E-state index contributed by atoms with van der Waals surface area (Å²) in [5, 5.41) is 10.3. The van der Waals surface area contributed by atoms with E-state index in [1.165, 1.54) is 0 Å². The number of aliphatic hydroxyl groups excluding tert-OH is 1. The minimum absolute atomic E-state index is 0.0435. The molecule has 2 fully saturated rings. The Morgan fingerprint density at radius 2 is 2.08 bits per heavy atom. The molecule has 0 spiro atoms. The van der Waals surface area contributed by atoms with E-state index in [9.17, 15) is 9.90 Å². The molecule has 0 aliphatic carbocycles. The molecule has 0 aromatic heterocycles. The van der Waals surface area contributed by atoms with Crippen molar-refractivity contribution in [3.8, 4) is 5.75 Å². The molecule has 1 N–H and O–H groups in total. The first-order chi connectivity index (χ1) is 12.0. The zero-order chi connectivity index (χ0) is 17.8. The van der Waals surface area contributed by atoms with Crippen LogP contribution in [0.1, 0.15) is 38.7 Å². The maximum Gasteiger partial charge on any atom is 0.227 e. The molecule has 0 bridgehead atoms. The molecule has 5 heteroatoms. The Labute approximate surface area is 149 Å². The molecule has 2 saturated heterocycles. The molecule has 1 aromatic carbocycles. The van der Waals surface area contributed by atoms with Gasteiger partial charge in [0, 0.05) is 25.1 Å². The maximum absolute atomic E-state index is 12.8. The molecule has 2 aliphatic heterocycles. The van der Waals surface area contributed by atoms with Crippen molar-refractivity contribution in [1.82, 2.24) is 4.90 Å². The highest BCUT2D eigenvalue weighted by Crippen LogP contribution is 2.30. The summed E-state index contributed by atoms with van der Waals surface area (Å²) in [4.78, 5) is 14.8. The van der Waals surface area contributed by atoms with Crippen molar-refractivity contribution < 1.29 is 19.4 Å². The second-order valence-electron chi connectivity index (χ2n) is 7.38. The third kappa shape index (κ3) is 4.53. The Kier molecular flexibility index (Phi) is 5.97. The van der Waals surface area contributed by atoms with Crippen molar-refractivity contribution in [2.75, 3.05) is 19.8 Å². The van der Waals surface area contributed by atoms with E-state index in [1.807, 2.05) is 43.0 Å². The lowest BCUT2D eigenvalue weighted by Crippen LogP contribution is -2.48. The number of carbonyl (C=O) groups excluding carboxylic acids is 1. The van der Waals surface area contributed by atoms with Gasteiger partial charge in [-0.25, -0.2) is 0 Å². The third-order valence-electron chi connectivity index (χ3n) is 5.13. The van der Waals surface area contributed by atoms with Crippen molar-refractivity contribution in [3.05, 3.63) is 29.8 Å². The summed E-state index contributed by atoms with van der Waals surface area (Å²) in [7, 11) is 0. The highest BCUT2D eigenvalue weighted by molar-refractivity contribution is 5.79. The quantitative estimate of drug-likeness (QED) is 0.889. The second kappa shape index (κ2) is 8.19. The molecule has 2 heterocycles. The van der Waals surface area contributed by atoms with Gasteiger partial charge < -0.3 is 19.5 Å². The monoisotopic (exact) mass is 347 g/mol. The van der Waals surface area contributed by atoms with E-state index >= 15 is 0 Å². The number of hydrogen-bond acceptors (Lipinski definition) is 4. The van der Waals surface area contributed by atoms with Crippen molar-refractivity contribution in [2.24, 2.45) is 5.92 Å². The maximum atomic E-state index is 12.8. The molecule has 0 unspecified atom stereocenters. The highest BCUT2D eigenvalue weighted by atomic mass is 16.5. The van der Waals surface area contributed by atoms with E-state index in [2.05, 4.69) is 0 Å². The number of benzene rings is 1.